The molecule has 0 heterocycles. The van der Waals surface area contributed by atoms with Gasteiger partial charge in [0.05, 0.1) is 12.7 Å². The number of nitrogens with two attached hydrogens (primary N) is 1. The largest absolute Gasteiger partial charge is 0.391 e. The van der Waals surface area contributed by atoms with E-state index in [1.165, 1.54) is 0 Å². The molecule has 3 aromatic rings. The zero-order valence-electron chi connectivity index (χ0n) is 14.8. The van der Waals surface area contributed by atoms with Gasteiger partial charge in [0, 0.05) is 0 Å². The fraction of sp³-hybridized carbons (Fsp3) is 0.217. The fourth-order valence-corrected chi connectivity index (χ4v) is 3.27. The quantitative estimate of drug-likeness (QED) is 0.611. The Morgan fingerprint density at radius 2 is 1.12 bits per heavy atom. The summed E-state index contributed by atoms with van der Waals surface area (Å²) < 4.78 is 6.50. The molecule has 0 saturated carbocycles. The number of aliphatic hydroxyl groups excluding tert-OH is 1. The predicted octanol–water partition coefficient (Wildman–Crippen LogP) is 3.70. The second-order valence-corrected chi connectivity index (χ2v) is 6.32. The van der Waals surface area contributed by atoms with Gasteiger partial charge in [0.2, 0.25) is 0 Å². The minimum Gasteiger partial charge on any atom is -0.391 e. The molecule has 0 radical (unpaired) electrons. The van der Waals surface area contributed by atoms with Gasteiger partial charge in [0.1, 0.15) is 5.60 Å². The summed E-state index contributed by atoms with van der Waals surface area (Å²) in [7, 11) is 0. The third-order valence-electron chi connectivity index (χ3n) is 4.53. The minimum atomic E-state index is -0.792. The predicted molar refractivity (Wildman–Crippen MR) is 105 cm³/mol. The van der Waals surface area contributed by atoms with Crippen LogP contribution in [0.1, 0.15) is 23.1 Å². The average Bonchev–Trinajstić information content (AvgIpc) is 2.71. The summed E-state index contributed by atoms with van der Waals surface area (Å²) in [5.74, 6) is 0. The summed E-state index contributed by atoms with van der Waals surface area (Å²) >= 11 is 0. The lowest BCUT2D eigenvalue weighted by molar-refractivity contribution is -0.0392. The maximum absolute atomic E-state index is 10.2. The van der Waals surface area contributed by atoms with E-state index in [0.717, 1.165) is 16.7 Å². The number of aliphatic hydroxyl groups is 1. The van der Waals surface area contributed by atoms with E-state index in [1.807, 2.05) is 54.6 Å². The first-order valence-corrected chi connectivity index (χ1v) is 8.96. The van der Waals surface area contributed by atoms with E-state index in [9.17, 15) is 5.11 Å². The second kappa shape index (κ2) is 8.77. The van der Waals surface area contributed by atoms with E-state index in [4.69, 9.17) is 10.5 Å². The van der Waals surface area contributed by atoms with Crippen LogP contribution in [0.15, 0.2) is 91.0 Å². The van der Waals surface area contributed by atoms with Gasteiger partial charge >= 0.3 is 0 Å². The van der Waals surface area contributed by atoms with Crippen molar-refractivity contribution >= 4 is 0 Å². The highest BCUT2D eigenvalue weighted by Crippen LogP contribution is 2.40. The van der Waals surface area contributed by atoms with Crippen molar-refractivity contribution in [2.45, 2.75) is 18.1 Å². The Labute approximate surface area is 155 Å². The van der Waals surface area contributed by atoms with Crippen molar-refractivity contribution in [1.82, 2.24) is 0 Å². The Morgan fingerprint density at radius 1 is 0.731 bits per heavy atom. The van der Waals surface area contributed by atoms with Gasteiger partial charge in [-0.3, -0.25) is 0 Å². The molecule has 0 aliphatic heterocycles. The van der Waals surface area contributed by atoms with Crippen molar-refractivity contribution < 1.29 is 9.84 Å². The van der Waals surface area contributed by atoms with Gasteiger partial charge in [0.15, 0.2) is 0 Å². The van der Waals surface area contributed by atoms with Gasteiger partial charge in [-0.1, -0.05) is 91.0 Å². The van der Waals surface area contributed by atoms with Crippen molar-refractivity contribution in [1.29, 1.82) is 0 Å². The molecular weight excluding hydrogens is 322 g/mol. The number of hydrogen-bond acceptors (Lipinski definition) is 3. The van der Waals surface area contributed by atoms with Crippen LogP contribution in [-0.2, 0) is 10.3 Å². The van der Waals surface area contributed by atoms with E-state index in [0.29, 0.717) is 13.0 Å². The molecule has 3 aromatic carbocycles. The first kappa shape index (κ1) is 18.3. The van der Waals surface area contributed by atoms with Crippen molar-refractivity contribution in [3.05, 3.63) is 108 Å². The lowest BCUT2D eigenvalue weighted by Crippen LogP contribution is -2.36. The highest BCUT2D eigenvalue weighted by molar-refractivity contribution is 5.47. The second-order valence-electron chi connectivity index (χ2n) is 6.32. The van der Waals surface area contributed by atoms with Crippen molar-refractivity contribution in [3.63, 3.8) is 0 Å². The summed E-state index contributed by atoms with van der Waals surface area (Å²) in [5.41, 5.74) is 7.87. The summed E-state index contributed by atoms with van der Waals surface area (Å²) in [6.07, 6.45) is -0.0930. The smallest absolute Gasteiger partial charge is 0.143 e. The van der Waals surface area contributed by atoms with E-state index in [-0.39, 0.29) is 6.61 Å². The molecule has 134 valence electrons. The molecule has 0 aromatic heterocycles. The van der Waals surface area contributed by atoms with Crippen LogP contribution in [0.25, 0.3) is 0 Å². The summed E-state index contributed by atoms with van der Waals surface area (Å²) in [6.45, 7) is 0.634. The monoisotopic (exact) mass is 347 g/mol. The van der Waals surface area contributed by atoms with Gasteiger partial charge in [-0.2, -0.15) is 0 Å². The average molecular weight is 347 g/mol. The number of benzene rings is 3. The maximum atomic E-state index is 10.2. The Bertz CT molecular complexity index is 678. The van der Waals surface area contributed by atoms with Crippen LogP contribution >= 0.6 is 0 Å². The molecule has 0 bridgehead atoms. The number of hydrogen-bond donors (Lipinski definition) is 2. The van der Waals surface area contributed by atoms with Gasteiger partial charge in [0.25, 0.3) is 0 Å². The molecule has 0 saturated heterocycles. The Kier molecular flexibility index (Phi) is 6.18. The van der Waals surface area contributed by atoms with E-state index in [1.54, 1.807) is 0 Å². The topological polar surface area (TPSA) is 55.5 Å². The molecule has 0 amide bonds. The number of rotatable bonds is 8. The first-order chi connectivity index (χ1) is 12.8. The molecule has 0 aliphatic carbocycles. The fourth-order valence-electron chi connectivity index (χ4n) is 3.27. The number of ether oxygens (including phenoxy) is 1. The minimum absolute atomic E-state index is 0.204. The van der Waals surface area contributed by atoms with Crippen molar-refractivity contribution in [3.8, 4) is 0 Å². The standard InChI is InChI=1S/C23H25NO2/c24-17-16-22(25)18-26-23(19-10-4-1-5-11-19,20-12-6-2-7-13-20)21-14-8-3-9-15-21/h1-15,22,25H,16-18,24H2. The lowest BCUT2D eigenvalue weighted by atomic mass is 9.80. The van der Waals surface area contributed by atoms with Crippen LogP contribution in [0, 0.1) is 0 Å². The highest BCUT2D eigenvalue weighted by atomic mass is 16.5. The van der Waals surface area contributed by atoms with Gasteiger partial charge < -0.3 is 15.6 Å². The van der Waals surface area contributed by atoms with Crippen LogP contribution < -0.4 is 5.73 Å². The molecule has 26 heavy (non-hydrogen) atoms. The van der Waals surface area contributed by atoms with Gasteiger partial charge in [-0.05, 0) is 29.7 Å². The van der Waals surface area contributed by atoms with Crippen LogP contribution in [0.2, 0.25) is 0 Å². The highest BCUT2D eigenvalue weighted by Gasteiger charge is 2.37. The zero-order chi connectivity index (χ0) is 18.2. The molecule has 0 fully saturated rings. The molecule has 1 unspecified atom stereocenters. The van der Waals surface area contributed by atoms with Crippen molar-refractivity contribution in [2.75, 3.05) is 13.2 Å². The Morgan fingerprint density at radius 3 is 1.46 bits per heavy atom. The molecule has 3 heteroatoms. The molecule has 0 aliphatic rings. The van der Waals surface area contributed by atoms with Crippen LogP contribution in [0.3, 0.4) is 0 Å². The summed E-state index contributed by atoms with van der Waals surface area (Å²) in [4.78, 5) is 0. The molecular formula is C23H25NO2. The Balaban J connectivity index is 2.15. The van der Waals surface area contributed by atoms with Crippen LogP contribution in [0.5, 0.6) is 0 Å². The molecule has 3 N–H and O–H groups in total. The normalized spacial score (nSPS) is 12.7. The third-order valence-corrected chi connectivity index (χ3v) is 4.53. The summed E-state index contributed by atoms with van der Waals surface area (Å²) in [6, 6.07) is 30.4. The van der Waals surface area contributed by atoms with Crippen LogP contribution in [0.4, 0.5) is 0 Å². The molecule has 3 nitrogen and oxygen atoms in total. The third kappa shape index (κ3) is 3.86. The molecule has 3 rings (SSSR count). The SMILES string of the molecule is NCCC(O)COC(c1ccccc1)(c1ccccc1)c1ccccc1. The van der Waals surface area contributed by atoms with E-state index < -0.39 is 11.7 Å². The van der Waals surface area contributed by atoms with Gasteiger partial charge in [-0.15, -0.1) is 0 Å². The van der Waals surface area contributed by atoms with Crippen molar-refractivity contribution in [2.24, 2.45) is 5.73 Å². The Hall–Kier alpha value is -2.46. The lowest BCUT2D eigenvalue weighted by Gasteiger charge is -2.36. The van der Waals surface area contributed by atoms with Gasteiger partial charge in [-0.25, -0.2) is 0 Å². The molecule has 0 spiro atoms. The molecule has 1 atom stereocenters. The zero-order valence-corrected chi connectivity index (χ0v) is 14.8. The summed E-state index contributed by atoms with van der Waals surface area (Å²) in [5, 5.41) is 10.2. The maximum Gasteiger partial charge on any atom is 0.143 e. The van der Waals surface area contributed by atoms with E-state index in [2.05, 4.69) is 36.4 Å². The van der Waals surface area contributed by atoms with E-state index >= 15 is 0 Å². The van der Waals surface area contributed by atoms with Crippen LogP contribution in [-0.4, -0.2) is 24.4 Å². The first-order valence-electron chi connectivity index (χ1n) is 8.96.